The molecule has 0 heterocycles. The summed E-state index contributed by atoms with van der Waals surface area (Å²) in [5, 5.41) is 2.71. The molecule has 17 heavy (non-hydrogen) atoms. The van der Waals surface area contributed by atoms with Crippen molar-refractivity contribution in [2.75, 3.05) is 0 Å². The second-order valence-corrected chi connectivity index (χ2v) is 4.41. The van der Waals surface area contributed by atoms with Gasteiger partial charge >= 0.3 is 0 Å². The average molecular weight is 224 g/mol. The minimum Gasteiger partial charge on any atom is -0.0810 e. The Hall–Kier alpha value is -1.56. The molecule has 0 fully saturated rings. The number of rotatable bonds is 4. The SMILES string of the molecule is CC/C=C(\CCC)c1cccc2ccccc12. The van der Waals surface area contributed by atoms with Gasteiger partial charge in [-0.05, 0) is 34.8 Å². The van der Waals surface area contributed by atoms with Gasteiger partial charge in [0.2, 0.25) is 0 Å². The molecule has 2 aromatic carbocycles. The Balaban J connectivity index is 2.56. The first-order chi connectivity index (χ1) is 8.36. The number of allylic oxidation sites excluding steroid dienone is 2. The van der Waals surface area contributed by atoms with E-state index in [1.807, 2.05) is 0 Å². The predicted molar refractivity (Wildman–Crippen MR) is 77.1 cm³/mol. The maximum Gasteiger partial charge on any atom is -0.0109 e. The van der Waals surface area contributed by atoms with Crippen LogP contribution in [0.1, 0.15) is 38.7 Å². The van der Waals surface area contributed by atoms with Gasteiger partial charge in [0.15, 0.2) is 0 Å². The van der Waals surface area contributed by atoms with E-state index in [1.54, 1.807) is 0 Å². The summed E-state index contributed by atoms with van der Waals surface area (Å²) >= 11 is 0. The molecule has 0 radical (unpaired) electrons. The predicted octanol–water partition coefficient (Wildman–Crippen LogP) is 5.43. The molecule has 0 aliphatic heterocycles. The number of fused-ring (bicyclic) bond motifs is 1. The van der Waals surface area contributed by atoms with Gasteiger partial charge < -0.3 is 0 Å². The maximum absolute atomic E-state index is 2.37. The second kappa shape index (κ2) is 5.67. The number of benzene rings is 2. The fraction of sp³-hybridized carbons (Fsp3) is 0.294. The van der Waals surface area contributed by atoms with E-state index in [1.165, 1.54) is 34.8 Å². The van der Waals surface area contributed by atoms with Gasteiger partial charge in [0.25, 0.3) is 0 Å². The zero-order chi connectivity index (χ0) is 12.1. The molecular formula is C17H20. The van der Waals surface area contributed by atoms with Crippen LogP contribution in [0.3, 0.4) is 0 Å². The highest BCUT2D eigenvalue weighted by atomic mass is 14.1. The van der Waals surface area contributed by atoms with E-state index in [-0.39, 0.29) is 0 Å². The Bertz CT molecular complexity index is 515. The van der Waals surface area contributed by atoms with Gasteiger partial charge in [-0.1, -0.05) is 68.8 Å². The molecule has 0 saturated carbocycles. The smallest absolute Gasteiger partial charge is 0.0109 e. The van der Waals surface area contributed by atoms with E-state index < -0.39 is 0 Å². The van der Waals surface area contributed by atoms with Gasteiger partial charge in [-0.2, -0.15) is 0 Å². The van der Waals surface area contributed by atoms with Gasteiger partial charge in [0.1, 0.15) is 0 Å². The highest BCUT2D eigenvalue weighted by Crippen LogP contribution is 2.28. The highest BCUT2D eigenvalue weighted by molar-refractivity contribution is 5.93. The minimum atomic E-state index is 1.11. The van der Waals surface area contributed by atoms with Crippen LogP contribution >= 0.6 is 0 Å². The Morgan fingerprint density at radius 1 is 1.00 bits per heavy atom. The molecule has 0 saturated heterocycles. The van der Waals surface area contributed by atoms with Crippen molar-refractivity contribution in [1.29, 1.82) is 0 Å². The topological polar surface area (TPSA) is 0 Å². The number of hydrogen-bond donors (Lipinski definition) is 0. The molecule has 0 spiro atoms. The Kier molecular flexibility index (Phi) is 3.98. The third-order valence-corrected chi connectivity index (χ3v) is 3.11. The quantitative estimate of drug-likeness (QED) is 0.649. The highest BCUT2D eigenvalue weighted by Gasteiger charge is 2.04. The lowest BCUT2D eigenvalue weighted by molar-refractivity contribution is 0.969. The molecule has 2 aromatic rings. The maximum atomic E-state index is 2.37. The van der Waals surface area contributed by atoms with Crippen LogP contribution in [0.15, 0.2) is 48.5 Å². The summed E-state index contributed by atoms with van der Waals surface area (Å²) in [6.45, 7) is 4.45. The zero-order valence-corrected chi connectivity index (χ0v) is 10.7. The molecule has 0 aromatic heterocycles. The van der Waals surface area contributed by atoms with E-state index in [9.17, 15) is 0 Å². The van der Waals surface area contributed by atoms with Crippen LogP contribution < -0.4 is 0 Å². The van der Waals surface area contributed by atoms with E-state index in [4.69, 9.17) is 0 Å². The number of hydrogen-bond acceptors (Lipinski definition) is 0. The van der Waals surface area contributed by atoms with Gasteiger partial charge in [0.05, 0.1) is 0 Å². The van der Waals surface area contributed by atoms with Crippen LogP contribution in [-0.4, -0.2) is 0 Å². The summed E-state index contributed by atoms with van der Waals surface area (Å²) in [7, 11) is 0. The summed E-state index contributed by atoms with van der Waals surface area (Å²) < 4.78 is 0. The van der Waals surface area contributed by atoms with Gasteiger partial charge in [-0.15, -0.1) is 0 Å². The average Bonchev–Trinajstić information content (AvgIpc) is 2.38. The first-order valence-electron chi connectivity index (χ1n) is 6.54. The van der Waals surface area contributed by atoms with Crippen molar-refractivity contribution in [2.24, 2.45) is 0 Å². The fourth-order valence-corrected chi connectivity index (χ4v) is 2.37. The molecule has 0 aliphatic rings. The third kappa shape index (κ3) is 2.58. The lowest BCUT2D eigenvalue weighted by atomic mass is 9.95. The molecule has 2 rings (SSSR count). The lowest BCUT2D eigenvalue weighted by Crippen LogP contribution is -1.87. The van der Waals surface area contributed by atoms with Gasteiger partial charge in [0, 0.05) is 0 Å². The zero-order valence-electron chi connectivity index (χ0n) is 10.7. The molecular weight excluding hydrogens is 204 g/mol. The summed E-state index contributed by atoms with van der Waals surface area (Å²) in [4.78, 5) is 0. The molecule has 0 bridgehead atoms. The van der Waals surface area contributed by atoms with Crippen molar-refractivity contribution in [3.8, 4) is 0 Å². The summed E-state index contributed by atoms with van der Waals surface area (Å²) in [5.74, 6) is 0. The van der Waals surface area contributed by atoms with Crippen molar-refractivity contribution in [3.05, 3.63) is 54.1 Å². The van der Waals surface area contributed by atoms with Crippen molar-refractivity contribution in [1.82, 2.24) is 0 Å². The Labute approximate surface area is 104 Å². The van der Waals surface area contributed by atoms with Crippen LogP contribution in [0.25, 0.3) is 16.3 Å². The van der Waals surface area contributed by atoms with Crippen LogP contribution in [0.2, 0.25) is 0 Å². The molecule has 88 valence electrons. The summed E-state index contributed by atoms with van der Waals surface area (Å²) in [6, 6.07) is 15.2. The van der Waals surface area contributed by atoms with Crippen LogP contribution in [0, 0.1) is 0 Å². The van der Waals surface area contributed by atoms with E-state index in [2.05, 4.69) is 62.4 Å². The van der Waals surface area contributed by atoms with Crippen molar-refractivity contribution in [3.63, 3.8) is 0 Å². The van der Waals surface area contributed by atoms with E-state index >= 15 is 0 Å². The van der Waals surface area contributed by atoms with Crippen LogP contribution in [-0.2, 0) is 0 Å². The molecule has 0 amide bonds. The summed E-state index contributed by atoms with van der Waals surface area (Å²) in [6.07, 6.45) is 5.85. The van der Waals surface area contributed by atoms with E-state index in [0.29, 0.717) is 0 Å². The first kappa shape index (κ1) is 11.9. The van der Waals surface area contributed by atoms with Crippen molar-refractivity contribution >= 4 is 16.3 Å². The second-order valence-electron chi connectivity index (χ2n) is 4.41. The Morgan fingerprint density at radius 2 is 1.76 bits per heavy atom. The standard InChI is InChI=1S/C17H20/c1-3-8-14(9-4-2)17-13-7-11-15-10-5-6-12-16(15)17/h5-8,10-13H,3-4,9H2,1-2H3/b14-8+. The molecule has 0 aliphatic carbocycles. The molecule has 0 nitrogen and oxygen atoms in total. The normalized spacial score (nSPS) is 12.0. The monoisotopic (exact) mass is 224 g/mol. The largest absolute Gasteiger partial charge is 0.0810 e. The van der Waals surface area contributed by atoms with Crippen LogP contribution in [0.5, 0.6) is 0 Å². The molecule has 0 atom stereocenters. The van der Waals surface area contributed by atoms with Gasteiger partial charge in [-0.25, -0.2) is 0 Å². The van der Waals surface area contributed by atoms with Crippen LogP contribution in [0.4, 0.5) is 0 Å². The van der Waals surface area contributed by atoms with Gasteiger partial charge in [-0.3, -0.25) is 0 Å². The fourth-order valence-electron chi connectivity index (χ4n) is 2.37. The molecule has 0 N–H and O–H groups in total. The lowest BCUT2D eigenvalue weighted by Gasteiger charge is -2.10. The molecule has 0 heteroatoms. The molecule has 0 unspecified atom stereocenters. The third-order valence-electron chi connectivity index (χ3n) is 3.11. The van der Waals surface area contributed by atoms with Crippen molar-refractivity contribution < 1.29 is 0 Å². The van der Waals surface area contributed by atoms with Crippen molar-refractivity contribution in [2.45, 2.75) is 33.1 Å². The Morgan fingerprint density at radius 3 is 2.53 bits per heavy atom. The minimum absolute atomic E-state index is 1.11. The summed E-state index contributed by atoms with van der Waals surface area (Å²) in [5.41, 5.74) is 2.90. The van der Waals surface area contributed by atoms with E-state index in [0.717, 1.165) is 6.42 Å². The first-order valence-corrected chi connectivity index (χ1v) is 6.54.